The Balaban J connectivity index is 1.25. The fourth-order valence-electron chi connectivity index (χ4n) is 6.37. The van der Waals surface area contributed by atoms with E-state index in [4.69, 9.17) is 11.3 Å². The molecule has 9 rings (SSSR count). The third kappa shape index (κ3) is 4.24. The van der Waals surface area contributed by atoms with Crippen molar-refractivity contribution < 1.29 is 16.8 Å². The van der Waals surface area contributed by atoms with Gasteiger partial charge < -0.3 is 4.42 Å². The van der Waals surface area contributed by atoms with Crippen molar-refractivity contribution in [2.75, 3.05) is 0 Å². The largest absolute Gasteiger partial charge is 0.456 e. The van der Waals surface area contributed by atoms with Gasteiger partial charge in [-0.1, -0.05) is 151 Å². The highest BCUT2D eigenvalue weighted by Gasteiger charge is 2.17. The lowest BCUT2D eigenvalue weighted by atomic mass is 9.85. The Labute approximate surface area is 274 Å². The molecule has 0 aliphatic heterocycles. The van der Waals surface area contributed by atoms with Crippen molar-refractivity contribution in [1.29, 1.82) is 0 Å². The molecule has 0 amide bonds. The molecular weight excluding hydrogens is 544 g/mol. The van der Waals surface area contributed by atoms with E-state index in [1.165, 1.54) is 0 Å². The Morgan fingerprint density at radius 1 is 0.333 bits per heavy atom. The van der Waals surface area contributed by atoms with Gasteiger partial charge in [-0.05, 0) is 84.3 Å². The van der Waals surface area contributed by atoms with Crippen LogP contribution in [0.1, 0.15) is 12.3 Å². The van der Waals surface area contributed by atoms with Crippen LogP contribution in [0.2, 0.25) is 0 Å². The van der Waals surface area contributed by atoms with Gasteiger partial charge in [-0.25, -0.2) is 0 Å². The van der Waals surface area contributed by atoms with Crippen LogP contribution in [0.5, 0.6) is 0 Å². The molecule has 1 heteroatoms. The molecule has 0 atom stereocenters. The lowest BCUT2D eigenvalue weighted by Gasteiger charge is -2.18. The summed E-state index contributed by atoms with van der Waals surface area (Å²) in [5.41, 5.74) is 5.31. The van der Waals surface area contributed by atoms with Crippen LogP contribution in [-0.2, 0) is 0 Å². The van der Waals surface area contributed by atoms with Crippen molar-refractivity contribution in [3.8, 4) is 44.5 Å². The maximum Gasteiger partial charge on any atom is 0.135 e. The lowest BCUT2D eigenvalue weighted by Crippen LogP contribution is -1.91. The van der Waals surface area contributed by atoms with E-state index in [1.54, 1.807) is 24.3 Å². The van der Waals surface area contributed by atoms with Gasteiger partial charge in [-0.15, -0.1) is 0 Å². The SMILES string of the molecule is [2H]c1c([2H])c([2H])c(-c2ccc(-c3c4ccccc4c(-c4c([2H])c([2H])c(-c5ccc6oc7ccccc7c6c5)c([2H])c4[2H])c4ccccc34)cc2)c([2H])c1[2H]. The zero-order valence-corrected chi connectivity index (χ0v) is 23.9. The first-order valence-electron chi connectivity index (χ1n) is 19.2. The summed E-state index contributed by atoms with van der Waals surface area (Å²) >= 11 is 0. The number of benzene rings is 8. The summed E-state index contributed by atoms with van der Waals surface area (Å²) < 4.78 is 84.5. The van der Waals surface area contributed by atoms with Crippen molar-refractivity contribution in [2.45, 2.75) is 0 Å². The van der Waals surface area contributed by atoms with E-state index in [9.17, 15) is 5.48 Å². The van der Waals surface area contributed by atoms with Crippen molar-refractivity contribution in [3.63, 3.8) is 0 Å². The molecular formula is C44H28O. The Morgan fingerprint density at radius 3 is 1.44 bits per heavy atom. The first-order valence-corrected chi connectivity index (χ1v) is 14.7. The van der Waals surface area contributed by atoms with E-state index in [0.717, 1.165) is 49.0 Å². The minimum Gasteiger partial charge on any atom is -0.456 e. The predicted octanol–water partition coefficient (Wildman–Crippen LogP) is 12.6. The Kier molecular flexibility index (Phi) is 4.15. The second-order valence-corrected chi connectivity index (χ2v) is 11.0. The Hall–Kier alpha value is -5.92. The molecule has 0 aliphatic carbocycles. The Morgan fingerprint density at radius 2 is 0.800 bits per heavy atom. The van der Waals surface area contributed by atoms with Gasteiger partial charge in [0.15, 0.2) is 0 Å². The van der Waals surface area contributed by atoms with Crippen molar-refractivity contribution >= 4 is 43.5 Å². The van der Waals surface area contributed by atoms with Crippen LogP contribution in [0.3, 0.4) is 0 Å². The molecule has 0 spiro atoms. The summed E-state index contributed by atoms with van der Waals surface area (Å²) in [5, 5.41) is 4.90. The quantitative estimate of drug-likeness (QED) is 0.188. The zero-order chi connectivity index (χ0) is 37.6. The fraction of sp³-hybridized carbons (Fsp3) is 0. The minimum absolute atomic E-state index is 0.127. The van der Waals surface area contributed by atoms with Gasteiger partial charge >= 0.3 is 0 Å². The number of furan rings is 1. The standard InChI is InChI=1S/C44H28O/c1-2-10-29(11-3-1)30-18-22-32(23-19-30)43-36-13-4-6-15-38(36)44(39-16-7-5-14-37(39)43)33-24-20-31(21-25-33)34-26-27-42-40(28-34)35-12-8-9-17-41(35)45-42/h1-28H/i1D,2D,3D,10D,11D,20D,21D,24D,25D. The molecule has 1 nitrogen and oxygen atoms in total. The highest BCUT2D eigenvalue weighted by molar-refractivity contribution is 6.21. The molecule has 0 bridgehead atoms. The minimum atomic E-state index is -0.440. The normalized spacial score (nSPS) is 14.4. The number of hydrogen-bond donors (Lipinski definition) is 0. The first kappa shape index (κ1) is 18.0. The molecule has 0 saturated carbocycles. The van der Waals surface area contributed by atoms with Gasteiger partial charge in [0.25, 0.3) is 0 Å². The average molecular weight is 582 g/mol. The maximum absolute atomic E-state index is 9.40. The predicted molar refractivity (Wildman–Crippen MR) is 190 cm³/mol. The van der Waals surface area contributed by atoms with Crippen LogP contribution < -0.4 is 0 Å². The van der Waals surface area contributed by atoms with E-state index in [2.05, 4.69) is 0 Å². The summed E-state index contributed by atoms with van der Waals surface area (Å²) in [4.78, 5) is 0. The molecule has 1 heterocycles. The number of rotatable bonds is 4. The van der Waals surface area contributed by atoms with E-state index >= 15 is 0 Å². The fourth-order valence-corrected chi connectivity index (χ4v) is 6.37. The third-order valence-corrected chi connectivity index (χ3v) is 8.43. The molecule has 8 aromatic carbocycles. The number of para-hydroxylation sites is 1. The van der Waals surface area contributed by atoms with Gasteiger partial charge in [0.2, 0.25) is 0 Å². The second-order valence-electron chi connectivity index (χ2n) is 11.0. The summed E-state index contributed by atoms with van der Waals surface area (Å²) in [7, 11) is 0. The molecule has 0 fully saturated rings. The molecule has 0 N–H and O–H groups in total. The van der Waals surface area contributed by atoms with Gasteiger partial charge in [0, 0.05) is 10.8 Å². The van der Waals surface area contributed by atoms with Crippen molar-refractivity contribution in [2.24, 2.45) is 0 Å². The third-order valence-electron chi connectivity index (χ3n) is 8.43. The monoisotopic (exact) mass is 581 g/mol. The van der Waals surface area contributed by atoms with E-state index in [-0.39, 0.29) is 52.9 Å². The van der Waals surface area contributed by atoms with Crippen LogP contribution >= 0.6 is 0 Å². The van der Waals surface area contributed by atoms with Crippen LogP contribution in [-0.4, -0.2) is 0 Å². The summed E-state index contributed by atoms with van der Waals surface area (Å²) in [5.74, 6) is 0. The van der Waals surface area contributed by atoms with Crippen molar-refractivity contribution in [3.05, 3.63) is 170 Å². The summed E-state index contributed by atoms with van der Waals surface area (Å²) in [6, 6.07) is 33.5. The molecule has 9 aromatic rings. The molecule has 0 saturated heterocycles. The average Bonchev–Trinajstić information content (AvgIpc) is 3.57. The van der Waals surface area contributed by atoms with Gasteiger partial charge in [-0.3, -0.25) is 0 Å². The second kappa shape index (κ2) is 10.4. The van der Waals surface area contributed by atoms with Gasteiger partial charge in [0.05, 0.1) is 12.3 Å². The topological polar surface area (TPSA) is 13.1 Å². The first-order chi connectivity index (χ1) is 26.1. The number of fused-ring (bicyclic) bond motifs is 5. The molecule has 1 aromatic heterocycles. The highest BCUT2D eigenvalue weighted by Crippen LogP contribution is 2.44. The molecule has 0 aliphatic rings. The smallest absolute Gasteiger partial charge is 0.135 e. The van der Waals surface area contributed by atoms with Crippen molar-refractivity contribution in [1.82, 2.24) is 0 Å². The van der Waals surface area contributed by atoms with Crippen LogP contribution in [0.15, 0.2) is 174 Å². The zero-order valence-electron chi connectivity index (χ0n) is 32.9. The molecule has 210 valence electrons. The van der Waals surface area contributed by atoms with Gasteiger partial charge in [-0.2, -0.15) is 0 Å². The number of hydrogen-bond acceptors (Lipinski definition) is 1. The molecule has 0 unspecified atom stereocenters. The van der Waals surface area contributed by atoms with Crippen LogP contribution in [0.25, 0.3) is 88.0 Å². The molecule has 0 radical (unpaired) electrons. The summed E-state index contributed by atoms with van der Waals surface area (Å²) in [6.45, 7) is 0. The van der Waals surface area contributed by atoms with Crippen LogP contribution in [0, 0.1) is 0 Å². The highest BCUT2D eigenvalue weighted by atomic mass is 16.3. The van der Waals surface area contributed by atoms with E-state index < -0.39 is 18.1 Å². The molecule has 45 heavy (non-hydrogen) atoms. The summed E-state index contributed by atoms with van der Waals surface area (Å²) in [6.07, 6.45) is 0. The lowest BCUT2D eigenvalue weighted by molar-refractivity contribution is 0.669. The van der Waals surface area contributed by atoms with E-state index in [0.29, 0.717) is 22.3 Å². The maximum atomic E-state index is 9.40. The Bertz CT molecular complexity index is 2920. The van der Waals surface area contributed by atoms with Gasteiger partial charge in [0.1, 0.15) is 11.2 Å². The van der Waals surface area contributed by atoms with Crippen LogP contribution in [0.4, 0.5) is 0 Å². The van der Waals surface area contributed by atoms with E-state index in [1.807, 2.05) is 91.0 Å².